The van der Waals surface area contributed by atoms with E-state index in [4.69, 9.17) is 8.83 Å². The zero-order valence-corrected chi connectivity index (χ0v) is 23.2. The second-order valence-corrected chi connectivity index (χ2v) is 10.9. The van der Waals surface area contributed by atoms with Crippen LogP contribution in [-0.4, -0.2) is 0 Å². The normalized spacial score (nSPS) is 11.7. The van der Waals surface area contributed by atoms with E-state index in [1.54, 1.807) is 0 Å². The minimum absolute atomic E-state index is 0.886. The van der Waals surface area contributed by atoms with Crippen molar-refractivity contribution in [1.82, 2.24) is 0 Å². The third-order valence-corrected chi connectivity index (χ3v) is 8.46. The molecule has 9 rings (SSSR count). The maximum atomic E-state index is 6.41. The van der Waals surface area contributed by atoms with Crippen LogP contribution in [0.2, 0.25) is 0 Å². The standard InChI is InChI=1S/C40H25NO2/c1-2-10-28(11-3-1)41(30-22-24-38-36(25-30)35-23-19-26-9-4-5-12-31(26)40(35)43-38)29-20-17-27(18-21-29)32-14-8-15-34-33-13-6-7-16-37(33)42-39(32)34/h1-25H. The molecule has 3 heteroatoms. The molecule has 0 aliphatic heterocycles. The highest BCUT2D eigenvalue weighted by atomic mass is 16.3. The number of furan rings is 2. The Balaban J connectivity index is 1.18. The number of hydrogen-bond acceptors (Lipinski definition) is 3. The SMILES string of the molecule is c1ccc(N(c2ccc(-c3cccc4c3oc3ccccc34)cc2)c2ccc3oc4c5ccccc5ccc4c3c2)cc1. The zero-order chi connectivity index (χ0) is 28.3. The first-order valence-electron chi connectivity index (χ1n) is 14.5. The molecule has 0 atom stereocenters. The van der Waals surface area contributed by atoms with E-state index in [2.05, 4.69) is 144 Å². The van der Waals surface area contributed by atoms with Crippen LogP contribution in [0.3, 0.4) is 0 Å². The maximum absolute atomic E-state index is 6.41. The fourth-order valence-electron chi connectivity index (χ4n) is 6.42. The molecule has 0 aliphatic rings. The highest BCUT2D eigenvalue weighted by Crippen LogP contribution is 2.41. The Labute approximate surface area is 247 Å². The van der Waals surface area contributed by atoms with Gasteiger partial charge in [0, 0.05) is 49.6 Å². The third-order valence-electron chi connectivity index (χ3n) is 8.46. The monoisotopic (exact) mass is 551 g/mol. The molecular formula is C40H25NO2. The van der Waals surface area contributed by atoms with Crippen molar-refractivity contribution in [2.24, 2.45) is 0 Å². The van der Waals surface area contributed by atoms with Crippen LogP contribution in [0.4, 0.5) is 17.1 Å². The topological polar surface area (TPSA) is 29.5 Å². The van der Waals surface area contributed by atoms with Crippen LogP contribution in [-0.2, 0) is 0 Å². The Morgan fingerprint density at radius 2 is 1.02 bits per heavy atom. The minimum Gasteiger partial charge on any atom is -0.455 e. The number of hydrogen-bond donors (Lipinski definition) is 0. The first kappa shape index (κ1) is 23.9. The summed E-state index contributed by atoms with van der Waals surface area (Å²) >= 11 is 0. The van der Waals surface area contributed by atoms with Crippen LogP contribution in [0.1, 0.15) is 0 Å². The Bertz CT molecular complexity index is 2450. The summed E-state index contributed by atoms with van der Waals surface area (Å²) in [5.41, 5.74) is 9.08. The van der Waals surface area contributed by atoms with E-state index >= 15 is 0 Å². The average molecular weight is 552 g/mol. The number of fused-ring (bicyclic) bond motifs is 8. The molecule has 0 bridgehead atoms. The van der Waals surface area contributed by atoms with Crippen molar-refractivity contribution in [3.63, 3.8) is 0 Å². The minimum atomic E-state index is 0.886. The molecule has 202 valence electrons. The molecule has 3 nitrogen and oxygen atoms in total. The summed E-state index contributed by atoms with van der Waals surface area (Å²) < 4.78 is 12.7. The molecule has 0 radical (unpaired) electrons. The van der Waals surface area contributed by atoms with Crippen LogP contribution in [0.25, 0.3) is 65.8 Å². The number of nitrogens with zero attached hydrogens (tertiary/aromatic N) is 1. The van der Waals surface area contributed by atoms with E-state index in [-0.39, 0.29) is 0 Å². The van der Waals surface area contributed by atoms with Gasteiger partial charge in [0.05, 0.1) is 0 Å². The fourth-order valence-corrected chi connectivity index (χ4v) is 6.42. The fraction of sp³-hybridized carbons (Fsp3) is 0. The lowest BCUT2D eigenvalue weighted by atomic mass is 10.0. The van der Waals surface area contributed by atoms with Crippen LogP contribution >= 0.6 is 0 Å². The van der Waals surface area contributed by atoms with Crippen LogP contribution < -0.4 is 4.90 Å². The van der Waals surface area contributed by atoms with Crippen LogP contribution in [0, 0.1) is 0 Å². The Morgan fingerprint density at radius 1 is 0.372 bits per heavy atom. The van der Waals surface area contributed by atoms with Gasteiger partial charge >= 0.3 is 0 Å². The lowest BCUT2D eigenvalue weighted by molar-refractivity contribution is 0.670. The van der Waals surface area contributed by atoms with Gasteiger partial charge in [0.2, 0.25) is 0 Å². The molecule has 43 heavy (non-hydrogen) atoms. The predicted molar refractivity (Wildman–Crippen MR) is 179 cm³/mol. The molecule has 2 aromatic heterocycles. The van der Waals surface area contributed by atoms with Crippen LogP contribution in [0.5, 0.6) is 0 Å². The summed E-state index contributed by atoms with van der Waals surface area (Å²) in [7, 11) is 0. The quantitative estimate of drug-likeness (QED) is 0.218. The Kier molecular flexibility index (Phi) is 5.20. The summed E-state index contributed by atoms with van der Waals surface area (Å²) in [6.07, 6.45) is 0. The predicted octanol–water partition coefficient (Wildman–Crippen LogP) is 11.8. The van der Waals surface area contributed by atoms with E-state index in [1.807, 2.05) is 12.1 Å². The van der Waals surface area contributed by atoms with Gasteiger partial charge in [0.25, 0.3) is 0 Å². The van der Waals surface area contributed by atoms with Gasteiger partial charge in [-0.25, -0.2) is 0 Å². The highest BCUT2D eigenvalue weighted by Gasteiger charge is 2.17. The molecule has 0 fully saturated rings. The molecule has 0 saturated carbocycles. The van der Waals surface area contributed by atoms with Crippen molar-refractivity contribution in [3.8, 4) is 11.1 Å². The van der Waals surface area contributed by atoms with E-state index in [0.717, 1.165) is 77.5 Å². The molecule has 2 heterocycles. The molecule has 9 aromatic rings. The summed E-state index contributed by atoms with van der Waals surface area (Å²) in [5.74, 6) is 0. The van der Waals surface area contributed by atoms with Gasteiger partial charge in [-0.1, -0.05) is 97.1 Å². The number of rotatable bonds is 4. The molecule has 0 spiro atoms. The number of para-hydroxylation sites is 3. The lowest BCUT2D eigenvalue weighted by Gasteiger charge is -2.25. The van der Waals surface area contributed by atoms with Gasteiger partial charge < -0.3 is 13.7 Å². The molecular weight excluding hydrogens is 526 g/mol. The number of benzene rings is 7. The van der Waals surface area contributed by atoms with Crippen molar-refractivity contribution in [1.29, 1.82) is 0 Å². The molecule has 0 aliphatic carbocycles. The molecule has 7 aromatic carbocycles. The zero-order valence-electron chi connectivity index (χ0n) is 23.2. The van der Waals surface area contributed by atoms with Gasteiger partial charge in [-0.3, -0.25) is 0 Å². The van der Waals surface area contributed by atoms with Crippen molar-refractivity contribution in [2.75, 3.05) is 4.90 Å². The van der Waals surface area contributed by atoms with Crippen molar-refractivity contribution in [3.05, 3.63) is 152 Å². The molecule has 0 saturated heterocycles. The maximum Gasteiger partial charge on any atom is 0.143 e. The number of anilines is 3. The lowest BCUT2D eigenvalue weighted by Crippen LogP contribution is -2.09. The second kappa shape index (κ2) is 9.37. The van der Waals surface area contributed by atoms with Gasteiger partial charge in [-0.05, 0) is 65.5 Å². The van der Waals surface area contributed by atoms with Gasteiger partial charge in [-0.15, -0.1) is 0 Å². The summed E-state index contributed by atoms with van der Waals surface area (Å²) in [4.78, 5) is 2.30. The van der Waals surface area contributed by atoms with Gasteiger partial charge in [0.1, 0.15) is 22.3 Å². The van der Waals surface area contributed by atoms with Gasteiger partial charge in [-0.2, -0.15) is 0 Å². The highest BCUT2D eigenvalue weighted by molar-refractivity contribution is 6.15. The molecule has 0 amide bonds. The smallest absolute Gasteiger partial charge is 0.143 e. The van der Waals surface area contributed by atoms with Crippen molar-refractivity contribution >= 4 is 71.7 Å². The Hall–Kier alpha value is -5.80. The Morgan fingerprint density at radius 3 is 1.91 bits per heavy atom. The van der Waals surface area contributed by atoms with E-state index in [0.29, 0.717) is 0 Å². The summed E-state index contributed by atoms with van der Waals surface area (Å²) in [5, 5.41) is 6.81. The second-order valence-electron chi connectivity index (χ2n) is 10.9. The first-order valence-corrected chi connectivity index (χ1v) is 14.5. The van der Waals surface area contributed by atoms with E-state index in [1.165, 1.54) is 5.39 Å². The molecule has 0 unspecified atom stereocenters. The van der Waals surface area contributed by atoms with Crippen molar-refractivity contribution in [2.45, 2.75) is 0 Å². The summed E-state index contributed by atoms with van der Waals surface area (Å²) in [6, 6.07) is 53.1. The summed E-state index contributed by atoms with van der Waals surface area (Å²) in [6.45, 7) is 0. The van der Waals surface area contributed by atoms with Gasteiger partial charge in [0.15, 0.2) is 0 Å². The average Bonchev–Trinajstić information content (AvgIpc) is 3.64. The third kappa shape index (κ3) is 3.75. The van der Waals surface area contributed by atoms with E-state index in [9.17, 15) is 0 Å². The molecule has 0 N–H and O–H groups in total. The largest absolute Gasteiger partial charge is 0.455 e. The van der Waals surface area contributed by atoms with Crippen LogP contribution in [0.15, 0.2) is 160 Å². The van der Waals surface area contributed by atoms with Crippen molar-refractivity contribution < 1.29 is 8.83 Å². The van der Waals surface area contributed by atoms with E-state index < -0.39 is 0 Å². The first-order chi connectivity index (χ1) is 21.3.